The first kappa shape index (κ1) is 19.5. The van der Waals surface area contributed by atoms with Gasteiger partial charge in [-0.2, -0.15) is 4.31 Å². The number of nitrogens with one attached hydrogen (secondary N) is 1. The Morgan fingerprint density at radius 1 is 1.40 bits per heavy atom. The van der Waals surface area contributed by atoms with Gasteiger partial charge >= 0.3 is 5.97 Å². The molecule has 0 radical (unpaired) electrons. The Morgan fingerprint density at radius 2 is 2.16 bits per heavy atom. The average molecular weight is 388 g/mol. The fourth-order valence-electron chi connectivity index (χ4n) is 2.55. The van der Waals surface area contributed by atoms with Crippen molar-refractivity contribution < 1.29 is 27.5 Å². The number of nitrogens with zero attached hydrogens (tertiary/aromatic N) is 1. The largest absolute Gasteiger partial charge is 0.454 e. The SMILES string of the molecule is CCCS(=O)(=O)N1CCCC1C(=O)OCC(=O)NC(=O)c1cccs1. The van der Waals surface area contributed by atoms with E-state index in [9.17, 15) is 22.8 Å². The van der Waals surface area contributed by atoms with E-state index in [-0.39, 0.29) is 12.3 Å². The third-order valence-corrected chi connectivity index (χ3v) is 6.58. The molecule has 0 aliphatic carbocycles. The second-order valence-electron chi connectivity index (χ2n) is 5.55. The van der Waals surface area contributed by atoms with Gasteiger partial charge in [0.15, 0.2) is 6.61 Å². The van der Waals surface area contributed by atoms with Gasteiger partial charge in [-0.25, -0.2) is 8.42 Å². The normalized spacial score (nSPS) is 18.0. The zero-order valence-electron chi connectivity index (χ0n) is 13.8. The summed E-state index contributed by atoms with van der Waals surface area (Å²) in [7, 11) is -3.51. The Kier molecular flexibility index (Phi) is 6.68. The minimum Gasteiger partial charge on any atom is -0.454 e. The lowest BCUT2D eigenvalue weighted by molar-refractivity contribution is -0.151. The predicted octanol–water partition coefficient (Wildman–Crippen LogP) is 0.752. The van der Waals surface area contributed by atoms with Crippen molar-refractivity contribution in [3.05, 3.63) is 22.4 Å². The molecule has 1 saturated heterocycles. The Hall–Kier alpha value is -1.78. The Balaban J connectivity index is 1.87. The van der Waals surface area contributed by atoms with Crippen molar-refractivity contribution in [1.82, 2.24) is 9.62 Å². The van der Waals surface area contributed by atoms with Crippen molar-refractivity contribution in [2.24, 2.45) is 0 Å². The van der Waals surface area contributed by atoms with E-state index in [0.717, 1.165) is 4.31 Å². The molecule has 1 aromatic heterocycles. The lowest BCUT2D eigenvalue weighted by atomic mass is 10.2. The first-order valence-electron chi connectivity index (χ1n) is 7.89. The highest BCUT2D eigenvalue weighted by Gasteiger charge is 2.39. The number of rotatable bonds is 7. The summed E-state index contributed by atoms with van der Waals surface area (Å²) in [5.74, 6) is -2.13. The second-order valence-corrected chi connectivity index (χ2v) is 8.54. The fourth-order valence-corrected chi connectivity index (χ4v) is 4.90. The van der Waals surface area contributed by atoms with Gasteiger partial charge in [0.05, 0.1) is 10.6 Å². The van der Waals surface area contributed by atoms with Crippen LogP contribution >= 0.6 is 11.3 Å². The van der Waals surface area contributed by atoms with E-state index in [2.05, 4.69) is 5.32 Å². The summed E-state index contributed by atoms with van der Waals surface area (Å²) in [5, 5.41) is 3.81. The number of amides is 2. The van der Waals surface area contributed by atoms with E-state index in [1.54, 1.807) is 24.4 Å². The van der Waals surface area contributed by atoms with Crippen molar-refractivity contribution in [3.63, 3.8) is 0 Å². The third kappa shape index (κ3) is 5.10. The molecule has 1 atom stereocenters. The molecule has 0 saturated carbocycles. The van der Waals surface area contributed by atoms with Gasteiger partial charge in [0.1, 0.15) is 6.04 Å². The van der Waals surface area contributed by atoms with Gasteiger partial charge in [0, 0.05) is 6.54 Å². The van der Waals surface area contributed by atoms with E-state index in [1.165, 1.54) is 11.3 Å². The van der Waals surface area contributed by atoms with Gasteiger partial charge in [-0.05, 0) is 30.7 Å². The average Bonchev–Trinajstić information content (AvgIpc) is 3.23. The number of hydrogen-bond acceptors (Lipinski definition) is 7. The van der Waals surface area contributed by atoms with Crippen LogP contribution < -0.4 is 5.32 Å². The molecule has 1 unspecified atom stereocenters. The molecule has 1 aliphatic heterocycles. The van der Waals surface area contributed by atoms with E-state index in [0.29, 0.717) is 24.1 Å². The summed E-state index contributed by atoms with van der Waals surface area (Å²) in [6.07, 6.45) is 1.37. The van der Waals surface area contributed by atoms with Crippen molar-refractivity contribution in [1.29, 1.82) is 0 Å². The molecule has 2 rings (SSSR count). The summed E-state index contributed by atoms with van der Waals surface area (Å²) in [5.41, 5.74) is 0. The highest BCUT2D eigenvalue weighted by molar-refractivity contribution is 7.89. The number of carbonyl (C=O) groups is 3. The lowest BCUT2D eigenvalue weighted by Gasteiger charge is -2.22. The smallest absolute Gasteiger partial charge is 0.324 e. The number of imide groups is 1. The molecule has 0 bridgehead atoms. The first-order valence-corrected chi connectivity index (χ1v) is 10.4. The molecule has 1 fully saturated rings. The molecule has 25 heavy (non-hydrogen) atoms. The maximum atomic E-state index is 12.2. The molecule has 0 aromatic carbocycles. The van der Waals surface area contributed by atoms with Crippen LogP contribution in [0.2, 0.25) is 0 Å². The number of ether oxygens (including phenoxy) is 1. The number of esters is 1. The van der Waals surface area contributed by atoms with Crippen LogP contribution in [0.5, 0.6) is 0 Å². The highest BCUT2D eigenvalue weighted by Crippen LogP contribution is 2.22. The van der Waals surface area contributed by atoms with Crippen molar-refractivity contribution in [2.45, 2.75) is 32.2 Å². The van der Waals surface area contributed by atoms with Crippen LogP contribution in [0, 0.1) is 0 Å². The van der Waals surface area contributed by atoms with Crippen LogP contribution in [0.1, 0.15) is 35.9 Å². The zero-order valence-corrected chi connectivity index (χ0v) is 15.4. The highest BCUT2D eigenvalue weighted by atomic mass is 32.2. The molecule has 8 nitrogen and oxygen atoms in total. The number of sulfonamides is 1. The minimum atomic E-state index is -3.51. The lowest BCUT2D eigenvalue weighted by Crippen LogP contribution is -2.43. The van der Waals surface area contributed by atoms with Gasteiger partial charge < -0.3 is 4.74 Å². The van der Waals surface area contributed by atoms with E-state index in [4.69, 9.17) is 4.74 Å². The molecule has 2 amide bonds. The monoisotopic (exact) mass is 388 g/mol. The van der Waals surface area contributed by atoms with E-state index in [1.807, 2.05) is 0 Å². The van der Waals surface area contributed by atoms with Crippen molar-refractivity contribution in [3.8, 4) is 0 Å². The summed E-state index contributed by atoms with van der Waals surface area (Å²) in [6.45, 7) is 1.38. The number of hydrogen-bond donors (Lipinski definition) is 1. The van der Waals surface area contributed by atoms with Gasteiger partial charge in [0.25, 0.3) is 11.8 Å². The molecule has 10 heteroatoms. The van der Waals surface area contributed by atoms with E-state index >= 15 is 0 Å². The second kappa shape index (κ2) is 8.54. The minimum absolute atomic E-state index is 0.0351. The Morgan fingerprint density at radius 3 is 2.80 bits per heavy atom. The standard InChI is InChI=1S/C15H20N2O6S2/c1-2-9-25(21,22)17-7-3-5-11(17)15(20)23-10-13(18)16-14(19)12-6-4-8-24-12/h4,6,8,11H,2-3,5,7,9-10H2,1H3,(H,16,18,19). The number of carbonyl (C=O) groups excluding carboxylic acids is 3. The summed E-state index contributed by atoms with van der Waals surface area (Å²) >= 11 is 1.18. The van der Waals surface area contributed by atoms with Crippen LogP contribution in [0.4, 0.5) is 0 Å². The molecular weight excluding hydrogens is 368 g/mol. The molecule has 1 aromatic rings. The van der Waals surface area contributed by atoms with Gasteiger partial charge in [-0.1, -0.05) is 13.0 Å². The van der Waals surface area contributed by atoms with Crippen LogP contribution in [0.15, 0.2) is 17.5 Å². The molecule has 1 N–H and O–H groups in total. The van der Waals surface area contributed by atoms with Crippen LogP contribution in [0.3, 0.4) is 0 Å². The molecule has 0 spiro atoms. The topological polar surface area (TPSA) is 110 Å². The Labute approximate surface area is 150 Å². The van der Waals surface area contributed by atoms with Crippen LogP contribution in [0.25, 0.3) is 0 Å². The maximum Gasteiger partial charge on any atom is 0.324 e. The third-order valence-electron chi connectivity index (χ3n) is 3.64. The molecule has 138 valence electrons. The maximum absolute atomic E-state index is 12.2. The summed E-state index contributed by atoms with van der Waals surface area (Å²) in [4.78, 5) is 35.9. The van der Waals surface area contributed by atoms with Crippen LogP contribution in [-0.2, 0) is 24.3 Å². The van der Waals surface area contributed by atoms with Crippen molar-refractivity contribution in [2.75, 3.05) is 18.9 Å². The Bertz CT molecular complexity index is 729. The van der Waals surface area contributed by atoms with Gasteiger partial charge in [0.2, 0.25) is 10.0 Å². The summed E-state index contributed by atoms with van der Waals surface area (Å²) in [6, 6.07) is 2.33. The summed E-state index contributed by atoms with van der Waals surface area (Å²) < 4.78 is 30.4. The predicted molar refractivity (Wildman–Crippen MR) is 91.6 cm³/mol. The first-order chi connectivity index (χ1) is 11.8. The van der Waals surface area contributed by atoms with Gasteiger partial charge in [-0.3, -0.25) is 19.7 Å². The van der Waals surface area contributed by atoms with Crippen molar-refractivity contribution >= 4 is 39.1 Å². The van der Waals surface area contributed by atoms with Crippen LogP contribution in [-0.4, -0.2) is 55.5 Å². The number of thiophene rings is 1. The molecule has 1 aliphatic rings. The fraction of sp³-hybridized carbons (Fsp3) is 0.533. The van der Waals surface area contributed by atoms with Gasteiger partial charge in [-0.15, -0.1) is 11.3 Å². The molecule has 2 heterocycles. The zero-order chi connectivity index (χ0) is 18.4. The quantitative estimate of drug-likeness (QED) is 0.690. The van der Waals surface area contributed by atoms with E-state index < -0.39 is 40.5 Å². The molecular formula is C15H20N2O6S2.